The second-order valence-electron chi connectivity index (χ2n) is 5.11. The van der Waals surface area contributed by atoms with Crippen molar-refractivity contribution in [1.82, 2.24) is 14.8 Å². The van der Waals surface area contributed by atoms with Crippen LogP contribution in [-0.4, -0.2) is 14.8 Å². The van der Waals surface area contributed by atoms with Crippen LogP contribution >= 0.6 is 11.8 Å². The molecule has 2 aromatic rings. The van der Waals surface area contributed by atoms with Crippen LogP contribution in [0.25, 0.3) is 0 Å². The molecule has 0 saturated carbocycles. The minimum absolute atomic E-state index is 0.327. The molecule has 2 N–H and O–H groups in total. The van der Waals surface area contributed by atoms with E-state index < -0.39 is 0 Å². The summed E-state index contributed by atoms with van der Waals surface area (Å²) in [6.07, 6.45) is 0. The summed E-state index contributed by atoms with van der Waals surface area (Å²) >= 11 is 1.57. The van der Waals surface area contributed by atoms with E-state index in [0.29, 0.717) is 5.92 Å². The van der Waals surface area contributed by atoms with Gasteiger partial charge in [0.2, 0.25) is 0 Å². The van der Waals surface area contributed by atoms with Crippen molar-refractivity contribution in [2.75, 3.05) is 5.73 Å². The van der Waals surface area contributed by atoms with E-state index in [1.165, 1.54) is 5.56 Å². The van der Waals surface area contributed by atoms with E-state index in [4.69, 9.17) is 5.73 Å². The molecule has 0 amide bonds. The van der Waals surface area contributed by atoms with Crippen LogP contribution < -0.4 is 5.73 Å². The van der Waals surface area contributed by atoms with E-state index in [1.807, 2.05) is 18.7 Å². The lowest BCUT2D eigenvalue weighted by Crippen LogP contribution is -1.95. The van der Waals surface area contributed by atoms with Gasteiger partial charge in [0.15, 0.2) is 0 Å². The molecule has 0 atom stereocenters. The molecule has 2 heterocycles. The minimum Gasteiger partial charge on any atom is -0.395 e. The van der Waals surface area contributed by atoms with Crippen LogP contribution in [0.5, 0.6) is 0 Å². The summed E-state index contributed by atoms with van der Waals surface area (Å²) in [5.41, 5.74) is 10.1. The lowest BCUT2D eigenvalue weighted by molar-refractivity contribution is 0.670. The quantitative estimate of drug-likeness (QED) is 0.934. The molecule has 2 rings (SSSR count). The first-order valence-corrected chi connectivity index (χ1v) is 7.15. The number of pyridine rings is 1. The molecule has 2 aromatic heterocycles. The largest absolute Gasteiger partial charge is 0.395 e. The summed E-state index contributed by atoms with van der Waals surface area (Å²) in [6.45, 7) is 8.28. The van der Waals surface area contributed by atoms with E-state index in [-0.39, 0.29) is 0 Å². The Balaban J connectivity index is 2.38. The van der Waals surface area contributed by atoms with Crippen molar-refractivity contribution in [3.8, 4) is 0 Å². The van der Waals surface area contributed by atoms with Crippen LogP contribution in [0.1, 0.15) is 36.7 Å². The normalized spacial score (nSPS) is 11.3. The molecule has 0 bridgehead atoms. The van der Waals surface area contributed by atoms with E-state index in [9.17, 15) is 0 Å². The molecule has 0 fully saturated rings. The Morgan fingerprint density at radius 3 is 2.47 bits per heavy atom. The van der Waals surface area contributed by atoms with Crippen LogP contribution in [0, 0.1) is 13.8 Å². The highest BCUT2D eigenvalue weighted by molar-refractivity contribution is 7.99. The number of aryl methyl sites for hydroxylation is 3. The molecule has 0 spiro atoms. The van der Waals surface area contributed by atoms with E-state index >= 15 is 0 Å². The number of anilines is 1. The first-order chi connectivity index (χ1) is 8.88. The topological polar surface area (TPSA) is 56.7 Å². The lowest BCUT2D eigenvalue weighted by atomic mass is 10.1. The molecule has 4 nitrogen and oxygen atoms in total. The second-order valence-corrected chi connectivity index (χ2v) is 6.12. The van der Waals surface area contributed by atoms with Crippen LogP contribution in [0.3, 0.4) is 0 Å². The van der Waals surface area contributed by atoms with Crippen LogP contribution in [0.15, 0.2) is 22.2 Å². The minimum atomic E-state index is 0.327. The number of nitrogens with zero attached hydrogens (tertiary/aromatic N) is 3. The summed E-state index contributed by atoms with van der Waals surface area (Å²) in [5.74, 6) is 0.327. The van der Waals surface area contributed by atoms with Gasteiger partial charge in [-0.25, -0.2) is 4.98 Å². The van der Waals surface area contributed by atoms with E-state index in [0.717, 1.165) is 27.1 Å². The summed E-state index contributed by atoms with van der Waals surface area (Å²) in [6, 6.07) is 4.13. The Bertz CT molecular complexity index is 581. The molecule has 0 saturated heterocycles. The summed E-state index contributed by atoms with van der Waals surface area (Å²) in [5, 5.41) is 6.41. The maximum Gasteiger partial charge on any atom is 0.123 e. The molecule has 19 heavy (non-hydrogen) atoms. The SMILES string of the molecule is Cc1cc(C)nc(Sc2c(N)c(C(C)C)nn2C)c1. The first-order valence-electron chi connectivity index (χ1n) is 6.34. The second kappa shape index (κ2) is 5.25. The monoisotopic (exact) mass is 276 g/mol. The van der Waals surface area contributed by atoms with Crippen molar-refractivity contribution in [1.29, 1.82) is 0 Å². The number of hydrogen-bond acceptors (Lipinski definition) is 4. The maximum atomic E-state index is 6.20. The standard InChI is InChI=1S/C14H20N4S/c1-8(2)13-12(15)14(18(5)17-13)19-11-7-9(3)6-10(4)16-11/h6-8H,15H2,1-5H3. The highest BCUT2D eigenvalue weighted by Gasteiger charge is 2.17. The third kappa shape index (κ3) is 2.92. The number of nitrogen functional groups attached to an aromatic ring is 1. The molecule has 0 aromatic carbocycles. The van der Waals surface area contributed by atoms with Crippen LogP contribution in [0.2, 0.25) is 0 Å². The summed E-state index contributed by atoms with van der Waals surface area (Å²) in [4.78, 5) is 4.53. The smallest absolute Gasteiger partial charge is 0.123 e. The molecule has 5 heteroatoms. The van der Waals surface area contributed by atoms with E-state index in [1.54, 1.807) is 11.8 Å². The first kappa shape index (κ1) is 13.9. The third-order valence-electron chi connectivity index (χ3n) is 2.88. The van der Waals surface area contributed by atoms with Crippen LogP contribution in [-0.2, 0) is 7.05 Å². The molecular weight excluding hydrogens is 256 g/mol. The van der Waals surface area contributed by atoms with Gasteiger partial charge in [0.05, 0.1) is 11.4 Å². The van der Waals surface area contributed by atoms with Gasteiger partial charge in [0.25, 0.3) is 0 Å². The number of aromatic nitrogens is 3. The summed E-state index contributed by atoms with van der Waals surface area (Å²) in [7, 11) is 1.92. The van der Waals surface area contributed by atoms with Gasteiger partial charge in [-0.2, -0.15) is 5.10 Å². The molecular formula is C14H20N4S. The summed E-state index contributed by atoms with van der Waals surface area (Å²) < 4.78 is 1.84. The fourth-order valence-corrected chi connectivity index (χ4v) is 3.07. The third-order valence-corrected chi connectivity index (χ3v) is 3.98. The van der Waals surface area contributed by atoms with Gasteiger partial charge in [-0.3, -0.25) is 4.68 Å². The highest BCUT2D eigenvalue weighted by atomic mass is 32.2. The van der Waals surface area contributed by atoms with Crippen molar-refractivity contribution in [2.45, 2.75) is 43.7 Å². The maximum absolute atomic E-state index is 6.20. The number of nitrogens with two attached hydrogens (primary N) is 1. The zero-order valence-electron chi connectivity index (χ0n) is 12.1. The van der Waals surface area contributed by atoms with E-state index in [2.05, 4.69) is 43.0 Å². The van der Waals surface area contributed by atoms with Crippen molar-refractivity contribution in [3.63, 3.8) is 0 Å². The highest BCUT2D eigenvalue weighted by Crippen LogP contribution is 2.35. The Morgan fingerprint density at radius 2 is 1.95 bits per heavy atom. The Hall–Kier alpha value is -1.49. The Morgan fingerprint density at radius 1 is 1.26 bits per heavy atom. The van der Waals surface area contributed by atoms with Gasteiger partial charge in [0, 0.05) is 12.7 Å². The number of hydrogen-bond donors (Lipinski definition) is 1. The Kier molecular flexibility index (Phi) is 3.85. The predicted octanol–water partition coefficient (Wildman–Crippen LogP) is 3.29. The lowest BCUT2D eigenvalue weighted by Gasteiger charge is -2.05. The molecule has 0 radical (unpaired) electrons. The van der Waals surface area contributed by atoms with Gasteiger partial charge in [-0.1, -0.05) is 13.8 Å². The Labute approximate surface area is 118 Å². The zero-order chi connectivity index (χ0) is 14.2. The fourth-order valence-electron chi connectivity index (χ4n) is 2.05. The average Bonchev–Trinajstić information content (AvgIpc) is 2.56. The van der Waals surface area contributed by atoms with Crippen molar-refractivity contribution >= 4 is 17.4 Å². The van der Waals surface area contributed by atoms with Gasteiger partial charge in [-0.05, 0) is 49.2 Å². The average molecular weight is 276 g/mol. The molecule has 102 valence electrons. The molecule has 0 aliphatic rings. The number of rotatable bonds is 3. The fraction of sp³-hybridized carbons (Fsp3) is 0.429. The molecule has 0 aliphatic heterocycles. The van der Waals surface area contributed by atoms with Gasteiger partial charge in [-0.15, -0.1) is 0 Å². The van der Waals surface area contributed by atoms with Gasteiger partial charge < -0.3 is 5.73 Å². The van der Waals surface area contributed by atoms with Crippen molar-refractivity contribution in [2.24, 2.45) is 7.05 Å². The molecule has 0 unspecified atom stereocenters. The zero-order valence-corrected chi connectivity index (χ0v) is 12.9. The van der Waals surface area contributed by atoms with Crippen molar-refractivity contribution < 1.29 is 0 Å². The van der Waals surface area contributed by atoms with Gasteiger partial charge >= 0.3 is 0 Å². The van der Waals surface area contributed by atoms with Gasteiger partial charge in [0.1, 0.15) is 10.1 Å². The molecule has 0 aliphatic carbocycles. The van der Waals surface area contributed by atoms with Crippen LogP contribution in [0.4, 0.5) is 5.69 Å². The van der Waals surface area contributed by atoms with Crippen molar-refractivity contribution in [3.05, 3.63) is 29.1 Å². The predicted molar refractivity (Wildman–Crippen MR) is 79.5 cm³/mol.